The van der Waals surface area contributed by atoms with Gasteiger partial charge in [-0.15, -0.1) is 0 Å². The van der Waals surface area contributed by atoms with Crippen LogP contribution in [0.25, 0.3) is 0 Å². The molecular weight excluding hydrogens is 278 g/mol. The molecule has 0 aromatic carbocycles. The molecule has 1 saturated heterocycles. The Bertz CT molecular complexity index is 392. The average Bonchev–Trinajstić information content (AvgIpc) is 3.04. The molecular formula is C13H27N3O3S. The molecule has 20 heavy (non-hydrogen) atoms. The van der Waals surface area contributed by atoms with Crippen LogP contribution in [0.1, 0.15) is 39.0 Å². The van der Waals surface area contributed by atoms with Crippen molar-refractivity contribution in [2.75, 3.05) is 26.7 Å². The second-order valence-electron chi connectivity index (χ2n) is 5.87. The highest BCUT2D eigenvalue weighted by Gasteiger charge is 2.28. The molecule has 0 amide bonds. The number of nitrogens with one attached hydrogen (secondary N) is 2. The number of ether oxygens (including phenoxy) is 1. The van der Waals surface area contributed by atoms with Gasteiger partial charge in [0.15, 0.2) is 0 Å². The van der Waals surface area contributed by atoms with E-state index < -0.39 is 10.2 Å². The molecule has 1 heterocycles. The third-order valence-electron chi connectivity index (χ3n) is 3.93. The summed E-state index contributed by atoms with van der Waals surface area (Å²) in [5.74, 6) is 0. The number of rotatable bonds is 9. The zero-order valence-corrected chi connectivity index (χ0v) is 13.3. The van der Waals surface area contributed by atoms with Crippen molar-refractivity contribution in [3.05, 3.63) is 0 Å². The summed E-state index contributed by atoms with van der Waals surface area (Å²) >= 11 is 0. The third-order valence-corrected chi connectivity index (χ3v) is 5.60. The molecule has 0 spiro atoms. The summed E-state index contributed by atoms with van der Waals surface area (Å²) in [5, 5.41) is 3.39. The van der Waals surface area contributed by atoms with Crippen LogP contribution in [0.3, 0.4) is 0 Å². The molecule has 1 aliphatic heterocycles. The van der Waals surface area contributed by atoms with Crippen molar-refractivity contribution in [1.29, 1.82) is 0 Å². The molecule has 2 unspecified atom stereocenters. The molecule has 0 radical (unpaired) electrons. The van der Waals surface area contributed by atoms with Crippen LogP contribution >= 0.6 is 0 Å². The lowest BCUT2D eigenvalue weighted by Crippen LogP contribution is -2.47. The minimum Gasteiger partial charge on any atom is -0.377 e. The van der Waals surface area contributed by atoms with E-state index in [9.17, 15) is 8.42 Å². The smallest absolute Gasteiger partial charge is 0.279 e. The van der Waals surface area contributed by atoms with E-state index in [1.165, 1.54) is 17.1 Å². The minimum atomic E-state index is -3.41. The lowest BCUT2D eigenvalue weighted by atomic mass is 10.1. The predicted octanol–water partition coefficient (Wildman–Crippen LogP) is 0.462. The number of nitrogens with zero attached hydrogens (tertiary/aromatic N) is 1. The molecule has 0 aromatic heterocycles. The Balaban J connectivity index is 1.69. The normalized spacial score (nSPS) is 25.2. The van der Waals surface area contributed by atoms with Crippen molar-refractivity contribution in [3.63, 3.8) is 0 Å². The molecule has 118 valence electrons. The van der Waals surface area contributed by atoms with Gasteiger partial charge in [0.1, 0.15) is 0 Å². The summed E-state index contributed by atoms with van der Waals surface area (Å²) < 4.78 is 34.0. The highest BCUT2D eigenvalue weighted by Crippen LogP contribution is 2.18. The molecule has 0 aromatic rings. The first-order valence-electron chi connectivity index (χ1n) is 7.57. The van der Waals surface area contributed by atoms with E-state index in [2.05, 4.69) is 10.0 Å². The van der Waals surface area contributed by atoms with Crippen molar-refractivity contribution in [1.82, 2.24) is 14.3 Å². The third kappa shape index (κ3) is 4.96. The van der Waals surface area contributed by atoms with Gasteiger partial charge in [-0.3, -0.25) is 0 Å². The van der Waals surface area contributed by atoms with Crippen LogP contribution in [0, 0.1) is 0 Å². The Morgan fingerprint density at radius 1 is 1.35 bits per heavy atom. The predicted molar refractivity (Wildman–Crippen MR) is 78.8 cm³/mol. The lowest BCUT2D eigenvalue weighted by Gasteiger charge is -2.24. The summed E-state index contributed by atoms with van der Waals surface area (Å²) in [5.41, 5.74) is 0. The fraction of sp³-hybridized carbons (Fsp3) is 1.00. The highest BCUT2D eigenvalue weighted by molar-refractivity contribution is 7.87. The maximum atomic E-state index is 12.2. The summed E-state index contributed by atoms with van der Waals surface area (Å²) in [6, 6.07) is 0.504. The summed E-state index contributed by atoms with van der Waals surface area (Å²) in [4.78, 5) is 0. The Labute approximate surface area is 122 Å². The standard InChI is InChI=1S/C13H27N3O3S/c1-11(13-5-3-10-19-13)15-20(17,18)16(2)9-4-8-14-12-6-7-12/h11-15H,3-10H2,1-2H3. The van der Waals surface area contributed by atoms with Gasteiger partial charge in [0.25, 0.3) is 10.2 Å². The Hall–Kier alpha value is -0.210. The van der Waals surface area contributed by atoms with Gasteiger partial charge in [-0.05, 0) is 45.6 Å². The van der Waals surface area contributed by atoms with Crippen LogP contribution < -0.4 is 10.0 Å². The van der Waals surface area contributed by atoms with Crippen LogP contribution in [-0.2, 0) is 14.9 Å². The summed E-state index contributed by atoms with van der Waals surface area (Å²) in [6.07, 6.45) is 5.30. The van der Waals surface area contributed by atoms with Gasteiger partial charge < -0.3 is 10.1 Å². The van der Waals surface area contributed by atoms with Crippen molar-refractivity contribution in [2.45, 2.75) is 57.2 Å². The van der Waals surface area contributed by atoms with Crippen LogP contribution in [-0.4, -0.2) is 57.7 Å². The van der Waals surface area contributed by atoms with E-state index in [0.717, 1.165) is 32.4 Å². The fourth-order valence-corrected chi connectivity index (χ4v) is 3.58. The molecule has 2 N–H and O–H groups in total. The average molecular weight is 305 g/mol. The Morgan fingerprint density at radius 3 is 2.70 bits per heavy atom. The molecule has 2 atom stereocenters. The number of hydrogen-bond donors (Lipinski definition) is 2. The van der Waals surface area contributed by atoms with Gasteiger partial charge in [-0.2, -0.15) is 17.4 Å². The first-order valence-corrected chi connectivity index (χ1v) is 9.01. The SMILES string of the molecule is CC(NS(=O)(=O)N(C)CCCNC1CC1)C1CCCO1. The first kappa shape index (κ1) is 16.2. The highest BCUT2D eigenvalue weighted by atomic mass is 32.2. The van der Waals surface area contributed by atoms with Crippen molar-refractivity contribution in [3.8, 4) is 0 Å². The van der Waals surface area contributed by atoms with Crippen molar-refractivity contribution >= 4 is 10.2 Å². The second-order valence-corrected chi connectivity index (χ2v) is 7.68. The molecule has 2 rings (SSSR count). The fourth-order valence-electron chi connectivity index (χ4n) is 2.41. The minimum absolute atomic E-state index is 0.00899. The maximum Gasteiger partial charge on any atom is 0.279 e. The summed E-state index contributed by atoms with van der Waals surface area (Å²) in [6.45, 7) is 4.02. The second kappa shape index (κ2) is 7.17. The Kier molecular flexibility index (Phi) is 5.80. The molecule has 6 nitrogen and oxygen atoms in total. The first-order chi connectivity index (χ1) is 9.49. The van der Waals surface area contributed by atoms with Gasteiger partial charge in [-0.1, -0.05) is 0 Å². The van der Waals surface area contributed by atoms with Crippen LogP contribution in [0.2, 0.25) is 0 Å². The molecule has 2 aliphatic rings. The Morgan fingerprint density at radius 2 is 2.10 bits per heavy atom. The van der Waals surface area contributed by atoms with E-state index >= 15 is 0 Å². The van der Waals surface area contributed by atoms with Crippen LogP contribution in [0.15, 0.2) is 0 Å². The zero-order valence-electron chi connectivity index (χ0n) is 12.5. The monoisotopic (exact) mass is 305 g/mol. The number of hydrogen-bond acceptors (Lipinski definition) is 4. The van der Waals surface area contributed by atoms with Gasteiger partial charge in [0, 0.05) is 32.3 Å². The largest absolute Gasteiger partial charge is 0.377 e. The molecule has 1 saturated carbocycles. The van der Waals surface area contributed by atoms with Crippen LogP contribution in [0.4, 0.5) is 0 Å². The molecule has 7 heteroatoms. The van der Waals surface area contributed by atoms with Crippen LogP contribution in [0.5, 0.6) is 0 Å². The van der Waals surface area contributed by atoms with E-state index in [1.807, 2.05) is 6.92 Å². The zero-order chi connectivity index (χ0) is 14.6. The molecule has 0 bridgehead atoms. The van der Waals surface area contributed by atoms with E-state index in [1.54, 1.807) is 7.05 Å². The van der Waals surface area contributed by atoms with Gasteiger partial charge in [0.2, 0.25) is 0 Å². The summed E-state index contributed by atoms with van der Waals surface area (Å²) in [7, 11) is -1.78. The van der Waals surface area contributed by atoms with E-state index in [-0.39, 0.29) is 12.1 Å². The van der Waals surface area contributed by atoms with E-state index in [4.69, 9.17) is 4.74 Å². The maximum absolute atomic E-state index is 12.2. The van der Waals surface area contributed by atoms with Crippen molar-refractivity contribution in [2.24, 2.45) is 0 Å². The quantitative estimate of drug-likeness (QED) is 0.607. The topological polar surface area (TPSA) is 70.7 Å². The molecule has 2 fully saturated rings. The van der Waals surface area contributed by atoms with E-state index in [0.29, 0.717) is 12.6 Å². The van der Waals surface area contributed by atoms with Gasteiger partial charge >= 0.3 is 0 Å². The van der Waals surface area contributed by atoms with Gasteiger partial charge in [0.05, 0.1) is 6.10 Å². The molecule has 1 aliphatic carbocycles. The lowest BCUT2D eigenvalue weighted by molar-refractivity contribution is 0.0897. The van der Waals surface area contributed by atoms with Crippen molar-refractivity contribution < 1.29 is 13.2 Å². The van der Waals surface area contributed by atoms with Gasteiger partial charge in [-0.25, -0.2) is 0 Å².